The third kappa shape index (κ3) is 2.74. The fourth-order valence-electron chi connectivity index (χ4n) is 3.05. The summed E-state index contributed by atoms with van der Waals surface area (Å²) < 4.78 is 16.8. The monoisotopic (exact) mass is 303 g/mol. The Morgan fingerprint density at radius 1 is 1.27 bits per heavy atom. The summed E-state index contributed by atoms with van der Waals surface area (Å²) in [5.74, 6) is 0.287. The van der Waals surface area contributed by atoms with Crippen LogP contribution >= 0.6 is 0 Å². The maximum atomic E-state index is 12.9. The first-order valence-electron chi connectivity index (χ1n) is 7.54. The van der Waals surface area contributed by atoms with Crippen molar-refractivity contribution in [1.29, 1.82) is 0 Å². The molecule has 1 aliphatic heterocycles. The van der Waals surface area contributed by atoms with Gasteiger partial charge in [-0.1, -0.05) is 18.2 Å². The lowest BCUT2D eigenvalue weighted by Crippen LogP contribution is -2.48. The van der Waals surface area contributed by atoms with Crippen LogP contribution in [0.15, 0.2) is 28.7 Å². The van der Waals surface area contributed by atoms with Crippen molar-refractivity contribution >= 4 is 16.9 Å². The molecule has 2 aromatic rings. The van der Waals surface area contributed by atoms with Crippen molar-refractivity contribution in [2.75, 3.05) is 20.2 Å². The molecule has 1 amide bonds. The van der Waals surface area contributed by atoms with Crippen molar-refractivity contribution in [2.24, 2.45) is 0 Å². The summed E-state index contributed by atoms with van der Waals surface area (Å²) in [6.45, 7) is 5.46. The highest BCUT2D eigenvalue weighted by Crippen LogP contribution is 2.28. The van der Waals surface area contributed by atoms with Gasteiger partial charge in [0.05, 0.1) is 18.8 Å². The van der Waals surface area contributed by atoms with Crippen molar-refractivity contribution in [3.8, 4) is 0 Å². The summed E-state index contributed by atoms with van der Waals surface area (Å²) in [4.78, 5) is 14.7. The van der Waals surface area contributed by atoms with Crippen LogP contribution in [0, 0.1) is 0 Å². The van der Waals surface area contributed by atoms with Crippen LogP contribution in [-0.4, -0.2) is 43.2 Å². The Labute approximate surface area is 129 Å². The van der Waals surface area contributed by atoms with E-state index in [1.807, 2.05) is 38.1 Å². The Balaban J connectivity index is 1.97. The number of furan rings is 1. The lowest BCUT2D eigenvalue weighted by Gasteiger charge is -2.34. The van der Waals surface area contributed by atoms with Crippen molar-refractivity contribution in [2.45, 2.75) is 32.7 Å². The Morgan fingerprint density at radius 3 is 2.64 bits per heavy atom. The number of nitrogens with zero attached hydrogens (tertiary/aromatic N) is 1. The van der Waals surface area contributed by atoms with Crippen LogP contribution in [0.25, 0.3) is 11.0 Å². The molecule has 5 heteroatoms. The van der Waals surface area contributed by atoms with E-state index in [-0.39, 0.29) is 18.1 Å². The second-order valence-electron chi connectivity index (χ2n) is 5.81. The molecule has 5 nitrogen and oxygen atoms in total. The van der Waals surface area contributed by atoms with Crippen molar-refractivity contribution < 1.29 is 18.7 Å². The Bertz CT molecular complexity index is 668. The highest BCUT2D eigenvalue weighted by molar-refractivity contribution is 5.99. The summed E-state index contributed by atoms with van der Waals surface area (Å²) in [7, 11) is 1.62. The number of fused-ring (bicyclic) bond motifs is 1. The predicted molar refractivity (Wildman–Crippen MR) is 82.8 cm³/mol. The number of carbonyl (C=O) groups is 1. The van der Waals surface area contributed by atoms with Crippen LogP contribution in [0.3, 0.4) is 0 Å². The molecule has 2 atom stereocenters. The molecule has 0 N–H and O–H groups in total. The summed E-state index contributed by atoms with van der Waals surface area (Å²) in [6, 6.07) is 7.66. The largest absolute Gasteiger partial charge is 0.451 e. The lowest BCUT2D eigenvalue weighted by molar-refractivity contribution is -0.0592. The zero-order valence-electron chi connectivity index (χ0n) is 13.2. The summed E-state index contributed by atoms with van der Waals surface area (Å²) >= 11 is 0. The van der Waals surface area contributed by atoms with E-state index in [4.69, 9.17) is 13.9 Å². The van der Waals surface area contributed by atoms with Crippen molar-refractivity contribution in [1.82, 2.24) is 4.90 Å². The quantitative estimate of drug-likeness (QED) is 0.875. The highest BCUT2D eigenvalue weighted by atomic mass is 16.5. The number of carbonyl (C=O) groups excluding carboxylic acids is 1. The number of rotatable bonds is 3. The Hall–Kier alpha value is -1.85. The smallest absolute Gasteiger partial charge is 0.290 e. The first-order chi connectivity index (χ1) is 10.6. The first kappa shape index (κ1) is 15.1. The molecule has 3 rings (SSSR count). The summed E-state index contributed by atoms with van der Waals surface area (Å²) in [6.07, 6.45) is 0.0610. The van der Waals surface area contributed by atoms with Crippen LogP contribution in [0.4, 0.5) is 0 Å². The number of amides is 1. The van der Waals surface area contributed by atoms with Gasteiger partial charge in [0.1, 0.15) is 5.58 Å². The molecule has 0 bridgehead atoms. The third-order valence-electron chi connectivity index (χ3n) is 3.89. The maximum Gasteiger partial charge on any atom is 0.290 e. The van der Waals surface area contributed by atoms with Gasteiger partial charge in [-0.05, 0) is 19.9 Å². The number of hydrogen-bond acceptors (Lipinski definition) is 4. The van der Waals surface area contributed by atoms with E-state index in [1.165, 1.54) is 0 Å². The molecule has 1 aromatic carbocycles. The molecule has 1 aromatic heterocycles. The Kier molecular flexibility index (Phi) is 4.18. The van der Waals surface area contributed by atoms with Gasteiger partial charge in [-0.2, -0.15) is 0 Å². The number of benzene rings is 1. The first-order valence-corrected chi connectivity index (χ1v) is 7.54. The molecule has 0 aliphatic carbocycles. The fourth-order valence-corrected chi connectivity index (χ4v) is 3.05. The van der Waals surface area contributed by atoms with E-state index in [1.54, 1.807) is 12.0 Å². The van der Waals surface area contributed by atoms with Crippen LogP contribution in [0.1, 0.15) is 30.0 Å². The van der Waals surface area contributed by atoms with Crippen LogP contribution in [0.5, 0.6) is 0 Å². The molecule has 22 heavy (non-hydrogen) atoms. The van der Waals surface area contributed by atoms with E-state index in [0.29, 0.717) is 31.0 Å². The molecule has 0 radical (unpaired) electrons. The molecule has 1 aliphatic rings. The number of para-hydroxylation sites is 1. The predicted octanol–water partition coefficient (Wildman–Crippen LogP) is 2.83. The van der Waals surface area contributed by atoms with Gasteiger partial charge in [0, 0.05) is 31.1 Å². The topological polar surface area (TPSA) is 51.9 Å². The van der Waals surface area contributed by atoms with Gasteiger partial charge in [-0.15, -0.1) is 0 Å². The minimum absolute atomic E-state index is 0.0305. The van der Waals surface area contributed by atoms with E-state index >= 15 is 0 Å². The SMILES string of the molecule is COCc1c(C(=O)N2CC(C)OC(C)C2)oc2ccccc12. The van der Waals surface area contributed by atoms with Crippen molar-refractivity contribution in [3.05, 3.63) is 35.6 Å². The van der Waals surface area contributed by atoms with E-state index in [0.717, 1.165) is 10.9 Å². The zero-order chi connectivity index (χ0) is 15.7. The maximum absolute atomic E-state index is 12.9. The Morgan fingerprint density at radius 2 is 1.95 bits per heavy atom. The third-order valence-corrected chi connectivity index (χ3v) is 3.89. The average molecular weight is 303 g/mol. The van der Waals surface area contributed by atoms with Gasteiger partial charge >= 0.3 is 0 Å². The van der Waals surface area contributed by atoms with Crippen molar-refractivity contribution in [3.63, 3.8) is 0 Å². The molecule has 1 saturated heterocycles. The number of methoxy groups -OCH3 is 1. The molecule has 2 unspecified atom stereocenters. The molecule has 1 fully saturated rings. The van der Waals surface area contributed by atoms with Crippen LogP contribution in [0.2, 0.25) is 0 Å². The number of morpholine rings is 1. The molecule has 2 heterocycles. The minimum atomic E-state index is -0.0924. The highest BCUT2D eigenvalue weighted by Gasteiger charge is 2.30. The molecule has 118 valence electrons. The molecular weight excluding hydrogens is 282 g/mol. The van der Waals surface area contributed by atoms with E-state index in [2.05, 4.69) is 0 Å². The molecule has 0 saturated carbocycles. The summed E-state index contributed by atoms with van der Waals surface area (Å²) in [5, 5.41) is 0.932. The normalized spacial score (nSPS) is 22.2. The van der Waals surface area contributed by atoms with Gasteiger partial charge in [0.25, 0.3) is 5.91 Å². The van der Waals surface area contributed by atoms with E-state index in [9.17, 15) is 4.79 Å². The average Bonchev–Trinajstić information content (AvgIpc) is 2.85. The number of ether oxygens (including phenoxy) is 2. The molecule has 0 spiro atoms. The van der Waals surface area contributed by atoms with Crippen LogP contribution in [-0.2, 0) is 16.1 Å². The second kappa shape index (κ2) is 6.10. The van der Waals surface area contributed by atoms with Gasteiger partial charge in [0.2, 0.25) is 0 Å². The van der Waals surface area contributed by atoms with Gasteiger partial charge in [-0.3, -0.25) is 4.79 Å². The van der Waals surface area contributed by atoms with Gasteiger partial charge < -0.3 is 18.8 Å². The zero-order valence-corrected chi connectivity index (χ0v) is 13.2. The van der Waals surface area contributed by atoms with Gasteiger partial charge in [0.15, 0.2) is 5.76 Å². The summed E-state index contributed by atoms with van der Waals surface area (Å²) in [5.41, 5.74) is 1.53. The molecular formula is C17H21NO4. The standard InChI is InChI=1S/C17H21NO4/c1-11-8-18(9-12(2)21-11)17(19)16-14(10-20-3)13-6-4-5-7-15(13)22-16/h4-7,11-12H,8-10H2,1-3H3. The number of hydrogen-bond donors (Lipinski definition) is 0. The van der Waals surface area contributed by atoms with Crippen LogP contribution < -0.4 is 0 Å². The van der Waals surface area contributed by atoms with Gasteiger partial charge in [-0.25, -0.2) is 0 Å². The fraction of sp³-hybridized carbons (Fsp3) is 0.471. The minimum Gasteiger partial charge on any atom is -0.451 e. The van der Waals surface area contributed by atoms with E-state index < -0.39 is 0 Å². The lowest BCUT2D eigenvalue weighted by atomic mass is 10.1. The second-order valence-corrected chi connectivity index (χ2v) is 5.81.